The Bertz CT molecular complexity index is 1340. The first-order valence-corrected chi connectivity index (χ1v) is 10.3. The Kier molecular flexibility index (Phi) is 5.01. The van der Waals surface area contributed by atoms with Gasteiger partial charge in [0.25, 0.3) is 5.91 Å². The minimum absolute atomic E-state index is 0.0365. The summed E-state index contributed by atoms with van der Waals surface area (Å²) in [6, 6.07) is 6.34. The Morgan fingerprint density at radius 1 is 1.27 bits per heavy atom. The van der Waals surface area contributed by atoms with E-state index < -0.39 is 17.3 Å². The molecule has 170 valence electrons. The minimum atomic E-state index is -0.900. The SMILES string of the molecule is CC(C)(O)CCn1nc(NC(=O)c2ccoc2)c2cc(-c3cc(F)c4c(c3)OCO4)cnc21. The van der Waals surface area contributed by atoms with Crippen LogP contribution in [0, 0.1) is 5.82 Å². The summed E-state index contributed by atoms with van der Waals surface area (Å²) >= 11 is 0. The van der Waals surface area contributed by atoms with Crippen LogP contribution in [0.15, 0.2) is 47.4 Å². The third kappa shape index (κ3) is 4.12. The molecule has 1 aliphatic heterocycles. The standard InChI is InChI=1S/C23H21FN4O5/c1-23(2,30)4-5-28-21-16(20(27-28)26-22(29)13-3-6-31-11-13)7-15(10-25-21)14-8-17(24)19-18(9-14)32-12-33-19/h3,6-11,30H,4-5,12H2,1-2H3,(H,26,27,29). The number of pyridine rings is 1. The van der Waals surface area contributed by atoms with E-state index in [1.54, 1.807) is 42.9 Å². The normalized spacial score (nSPS) is 13.0. The van der Waals surface area contributed by atoms with Crippen LogP contribution in [0.1, 0.15) is 30.6 Å². The van der Waals surface area contributed by atoms with Gasteiger partial charge >= 0.3 is 0 Å². The summed E-state index contributed by atoms with van der Waals surface area (Å²) < 4.78 is 31.5. The number of hydrogen-bond acceptors (Lipinski definition) is 7. The van der Waals surface area contributed by atoms with E-state index in [9.17, 15) is 14.3 Å². The average Bonchev–Trinajstić information content (AvgIpc) is 3.52. The van der Waals surface area contributed by atoms with E-state index in [1.807, 2.05) is 0 Å². The number of nitrogens with zero attached hydrogens (tertiary/aromatic N) is 3. The molecule has 0 saturated heterocycles. The molecule has 0 bridgehead atoms. The lowest BCUT2D eigenvalue weighted by Crippen LogP contribution is -2.21. The summed E-state index contributed by atoms with van der Waals surface area (Å²) in [5.74, 6) is -0.228. The van der Waals surface area contributed by atoms with Crippen LogP contribution in [0.4, 0.5) is 10.2 Å². The van der Waals surface area contributed by atoms with Crippen molar-refractivity contribution in [2.75, 3.05) is 12.1 Å². The van der Waals surface area contributed by atoms with E-state index in [0.29, 0.717) is 52.3 Å². The maximum atomic E-state index is 14.4. The van der Waals surface area contributed by atoms with E-state index in [4.69, 9.17) is 13.9 Å². The van der Waals surface area contributed by atoms with Crippen molar-refractivity contribution >= 4 is 22.8 Å². The molecule has 1 amide bonds. The van der Waals surface area contributed by atoms with Crippen LogP contribution in [-0.4, -0.2) is 38.2 Å². The number of nitrogens with one attached hydrogen (secondary N) is 1. The first kappa shape index (κ1) is 21.0. The van der Waals surface area contributed by atoms with Crippen molar-refractivity contribution in [3.8, 4) is 22.6 Å². The quantitative estimate of drug-likeness (QED) is 0.455. The van der Waals surface area contributed by atoms with Crippen molar-refractivity contribution in [1.29, 1.82) is 0 Å². The molecule has 0 atom stereocenters. The molecule has 4 aromatic rings. The Morgan fingerprint density at radius 2 is 2.12 bits per heavy atom. The summed E-state index contributed by atoms with van der Waals surface area (Å²) in [6.07, 6.45) is 4.77. The van der Waals surface area contributed by atoms with E-state index in [0.717, 1.165) is 0 Å². The number of carbonyl (C=O) groups is 1. The van der Waals surface area contributed by atoms with Crippen LogP contribution in [0.3, 0.4) is 0 Å². The minimum Gasteiger partial charge on any atom is -0.472 e. The Morgan fingerprint density at radius 3 is 2.88 bits per heavy atom. The van der Waals surface area contributed by atoms with Gasteiger partial charge in [0.2, 0.25) is 12.5 Å². The number of halogens is 1. The Balaban J connectivity index is 1.57. The lowest BCUT2D eigenvalue weighted by atomic mass is 10.1. The number of fused-ring (bicyclic) bond motifs is 2. The smallest absolute Gasteiger partial charge is 0.260 e. The maximum absolute atomic E-state index is 14.4. The van der Waals surface area contributed by atoms with E-state index in [1.165, 1.54) is 18.6 Å². The van der Waals surface area contributed by atoms with Gasteiger partial charge in [0.15, 0.2) is 23.0 Å². The Hall–Kier alpha value is -3.92. The van der Waals surface area contributed by atoms with Gasteiger partial charge in [-0.2, -0.15) is 5.10 Å². The van der Waals surface area contributed by atoms with Crippen LogP contribution in [0.25, 0.3) is 22.2 Å². The number of amides is 1. The summed E-state index contributed by atoms with van der Waals surface area (Å²) in [5, 5.41) is 18.0. The van der Waals surface area contributed by atoms with Gasteiger partial charge in [-0.3, -0.25) is 4.79 Å². The zero-order chi connectivity index (χ0) is 23.2. The number of aryl methyl sites for hydroxylation is 1. The first-order chi connectivity index (χ1) is 15.8. The topological polar surface area (TPSA) is 112 Å². The third-order valence-electron chi connectivity index (χ3n) is 5.30. The van der Waals surface area contributed by atoms with Crippen LogP contribution in [0.2, 0.25) is 0 Å². The van der Waals surface area contributed by atoms with Crippen LogP contribution in [0.5, 0.6) is 11.5 Å². The van der Waals surface area contributed by atoms with Crippen LogP contribution >= 0.6 is 0 Å². The number of ether oxygens (including phenoxy) is 2. The van der Waals surface area contributed by atoms with Gasteiger partial charge < -0.3 is 24.3 Å². The monoisotopic (exact) mass is 452 g/mol. The van der Waals surface area contributed by atoms with Gasteiger partial charge in [0.05, 0.1) is 22.8 Å². The summed E-state index contributed by atoms with van der Waals surface area (Å²) in [4.78, 5) is 17.1. The van der Waals surface area contributed by atoms with Crippen molar-refractivity contribution in [3.63, 3.8) is 0 Å². The van der Waals surface area contributed by atoms with Crippen molar-refractivity contribution < 1.29 is 28.2 Å². The second kappa shape index (κ2) is 7.89. The fourth-order valence-corrected chi connectivity index (χ4v) is 3.55. The Labute approximate surface area is 187 Å². The molecule has 0 fully saturated rings. The van der Waals surface area contributed by atoms with E-state index >= 15 is 0 Å². The van der Waals surface area contributed by atoms with Crippen molar-refractivity contribution in [1.82, 2.24) is 14.8 Å². The predicted molar refractivity (Wildman–Crippen MR) is 117 cm³/mol. The van der Waals surface area contributed by atoms with E-state index in [-0.39, 0.29) is 12.5 Å². The third-order valence-corrected chi connectivity index (χ3v) is 5.30. The fourth-order valence-electron chi connectivity index (χ4n) is 3.55. The molecule has 0 radical (unpaired) electrons. The number of carbonyl (C=O) groups excluding carboxylic acids is 1. The molecule has 5 rings (SSSR count). The zero-order valence-corrected chi connectivity index (χ0v) is 18.0. The number of furan rings is 1. The highest BCUT2D eigenvalue weighted by Gasteiger charge is 2.22. The highest BCUT2D eigenvalue weighted by molar-refractivity contribution is 6.07. The number of rotatable bonds is 6. The maximum Gasteiger partial charge on any atom is 0.260 e. The predicted octanol–water partition coefficient (Wildman–Crippen LogP) is 3.97. The molecule has 33 heavy (non-hydrogen) atoms. The lowest BCUT2D eigenvalue weighted by molar-refractivity contribution is 0.0654. The molecule has 0 saturated carbocycles. The fraction of sp³-hybridized carbons (Fsp3) is 0.261. The number of anilines is 1. The molecule has 0 spiro atoms. The second-order valence-electron chi connectivity index (χ2n) is 8.39. The van der Waals surface area contributed by atoms with Gasteiger partial charge in [0.1, 0.15) is 6.26 Å². The largest absolute Gasteiger partial charge is 0.472 e. The molecule has 0 aliphatic carbocycles. The molecule has 0 unspecified atom stereocenters. The first-order valence-electron chi connectivity index (χ1n) is 10.3. The molecule has 10 heteroatoms. The molecular formula is C23H21FN4O5. The number of hydrogen-bond donors (Lipinski definition) is 2. The second-order valence-corrected chi connectivity index (χ2v) is 8.39. The van der Waals surface area contributed by atoms with Gasteiger partial charge in [-0.1, -0.05) is 0 Å². The highest BCUT2D eigenvalue weighted by atomic mass is 19.1. The average molecular weight is 452 g/mol. The molecule has 1 aliphatic rings. The molecular weight excluding hydrogens is 431 g/mol. The van der Waals surface area contributed by atoms with Gasteiger partial charge in [-0.25, -0.2) is 14.1 Å². The number of aliphatic hydroxyl groups is 1. The van der Waals surface area contributed by atoms with Crippen LogP contribution < -0.4 is 14.8 Å². The lowest BCUT2D eigenvalue weighted by Gasteiger charge is -2.16. The molecule has 2 N–H and O–H groups in total. The molecule has 3 aromatic heterocycles. The summed E-state index contributed by atoms with van der Waals surface area (Å²) in [5.41, 5.74) is 1.12. The summed E-state index contributed by atoms with van der Waals surface area (Å²) in [7, 11) is 0. The molecule has 4 heterocycles. The zero-order valence-electron chi connectivity index (χ0n) is 18.0. The number of aromatic nitrogens is 3. The van der Waals surface area contributed by atoms with Crippen LogP contribution in [-0.2, 0) is 6.54 Å². The van der Waals surface area contributed by atoms with Gasteiger partial charge in [0, 0.05) is 18.3 Å². The summed E-state index contributed by atoms with van der Waals surface area (Å²) in [6.45, 7) is 3.76. The molecule has 1 aromatic carbocycles. The number of benzene rings is 1. The molecule has 9 nitrogen and oxygen atoms in total. The van der Waals surface area contributed by atoms with Crippen molar-refractivity contribution in [3.05, 3.63) is 54.4 Å². The van der Waals surface area contributed by atoms with Crippen molar-refractivity contribution in [2.45, 2.75) is 32.4 Å². The highest BCUT2D eigenvalue weighted by Crippen LogP contribution is 2.39. The van der Waals surface area contributed by atoms with E-state index in [2.05, 4.69) is 15.4 Å². The van der Waals surface area contributed by atoms with Crippen molar-refractivity contribution in [2.24, 2.45) is 0 Å². The van der Waals surface area contributed by atoms with Gasteiger partial charge in [-0.05, 0) is 50.1 Å². The van der Waals surface area contributed by atoms with Gasteiger partial charge in [-0.15, -0.1) is 0 Å².